The third-order valence-electron chi connectivity index (χ3n) is 3.55. The Bertz CT molecular complexity index is 328. The van der Waals surface area contributed by atoms with Crippen LogP contribution in [0.2, 0.25) is 0 Å². The number of hydrogen-bond donors (Lipinski definition) is 2. The van der Waals surface area contributed by atoms with Crippen molar-refractivity contribution in [1.29, 1.82) is 0 Å². The molecule has 0 bridgehead atoms. The van der Waals surface area contributed by atoms with Crippen molar-refractivity contribution in [2.45, 2.75) is 25.5 Å². The lowest BCUT2D eigenvalue weighted by molar-refractivity contribution is 0.00904. The number of benzene rings is 1. The zero-order valence-electron chi connectivity index (χ0n) is 10.1. The highest BCUT2D eigenvalue weighted by molar-refractivity contribution is 5.14. The van der Waals surface area contributed by atoms with Crippen LogP contribution >= 0.6 is 0 Å². The molecule has 2 N–H and O–H groups in total. The molecule has 0 aliphatic carbocycles. The summed E-state index contributed by atoms with van der Waals surface area (Å²) in [5, 5.41) is 18.9. The molecule has 0 saturated carbocycles. The van der Waals surface area contributed by atoms with Crippen molar-refractivity contribution in [2.24, 2.45) is 5.92 Å². The quantitative estimate of drug-likeness (QED) is 0.825. The van der Waals surface area contributed by atoms with Crippen molar-refractivity contribution >= 4 is 0 Å². The number of aliphatic hydroxyl groups is 2. The normalized spacial score (nSPS) is 26.0. The predicted molar refractivity (Wildman–Crippen MR) is 67.5 cm³/mol. The first-order valence-corrected chi connectivity index (χ1v) is 6.35. The summed E-state index contributed by atoms with van der Waals surface area (Å²) in [5.74, 6) is 0.270. The maximum Gasteiger partial charge on any atom is 0.0696 e. The molecule has 0 aromatic heterocycles. The van der Waals surface area contributed by atoms with Crippen molar-refractivity contribution in [3.63, 3.8) is 0 Å². The average Bonchev–Trinajstić information content (AvgIpc) is 2.34. The molecule has 1 aliphatic rings. The zero-order chi connectivity index (χ0) is 12.1. The van der Waals surface area contributed by atoms with E-state index in [9.17, 15) is 5.11 Å². The summed E-state index contributed by atoms with van der Waals surface area (Å²) in [6.07, 6.45) is 1.41. The van der Waals surface area contributed by atoms with Crippen LogP contribution in [-0.2, 0) is 6.54 Å². The molecule has 1 fully saturated rings. The largest absolute Gasteiger partial charge is 0.396 e. The van der Waals surface area contributed by atoms with Gasteiger partial charge in [0, 0.05) is 19.7 Å². The van der Waals surface area contributed by atoms with E-state index in [0.717, 1.165) is 32.5 Å². The number of piperidine rings is 1. The van der Waals surface area contributed by atoms with Crippen LogP contribution in [0, 0.1) is 5.92 Å². The molecule has 0 amide bonds. The molecule has 1 aromatic rings. The molecule has 3 nitrogen and oxygen atoms in total. The number of likely N-dealkylation sites (tertiary alicyclic amines) is 1. The van der Waals surface area contributed by atoms with Gasteiger partial charge in [0.25, 0.3) is 0 Å². The Hall–Kier alpha value is -0.900. The number of nitrogens with zero attached hydrogens (tertiary/aromatic N) is 1. The molecule has 0 radical (unpaired) electrons. The summed E-state index contributed by atoms with van der Waals surface area (Å²) >= 11 is 0. The van der Waals surface area contributed by atoms with Crippen molar-refractivity contribution in [3.05, 3.63) is 35.9 Å². The van der Waals surface area contributed by atoms with E-state index in [-0.39, 0.29) is 18.6 Å². The summed E-state index contributed by atoms with van der Waals surface area (Å²) in [5.41, 5.74) is 1.29. The van der Waals surface area contributed by atoms with E-state index >= 15 is 0 Å². The molecule has 2 atom stereocenters. The highest BCUT2D eigenvalue weighted by atomic mass is 16.3. The van der Waals surface area contributed by atoms with Gasteiger partial charge in [-0.3, -0.25) is 4.90 Å². The highest BCUT2D eigenvalue weighted by Crippen LogP contribution is 2.22. The number of aliphatic hydroxyl groups excluding tert-OH is 2. The lowest BCUT2D eigenvalue weighted by Gasteiger charge is -2.35. The Balaban J connectivity index is 1.85. The first-order chi connectivity index (χ1) is 8.29. The van der Waals surface area contributed by atoms with E-state index in [1.54, 1.807) is 0 Å². The van der Waals surface area contributed by atoms with Crippen LogP contribution in [0.3, 0.4) is 0 Å². The topological polar surface area (TPSA) is 43.7 Å². The predicted octanol–water partition coefficient (Wildman–Crippen LogP) is 1.25. The second kappa shape index (κ2) is 6.15. The summed E-state index contributed by atoms with van der Waals surface area (Å²) in [6.45, 7) is 2.82. The molecule has 2 rings (SSSR count). The summed E-state index contributed by atoms with van der Waals surface area (Å²) in [7, 11) is 0. The second-order valence-corrected chi connectivity index (χ2v) is 4.85. The second-order valence-electron chi connectivity index (χ2n) is 4.85. The number of rotatable bonds is 4. The Kier molecular flexibility index (Phi) is 4.54. The Labute approximate surface area is 103 Å². The molecule has 1 saturated heterocycles. The molecule has 0 unspecified atom stereocenters. The smallest absolute Gasteiger partial charge is 0.0696 e. The maximum atomic E-state index is 10.00. The molecular formula is C14H21NO2. The van der Waals surface area contributed by atoms with Crippen LogP contribution in [0.5, 0.6) is 0 Å². The third-order valence-corrected chi connectivity index (χ3v) is 3.55. The zero-order valence-corrected chi connectivity index (χ0v) is 10.1. The molecular weight excluding hydrogens is 214 g/mol. The fourth-order valence-corrected chi connectivity index (χ4v) is 2.53. The molecule has 1 heterocycles. The van der Waals surface area contributed by atoms with Gasteiger partial charge in [0.2, 0.25) is 0 Å². The summed E-state index contributed by atoms with van der Waals surface area (Å²) in [4.78, 5) is 2.29. The van der Waals surface area contributed by atoms with Gasteiger partial charge in [-0.05, 0) is 30.9 Å². The molecule has 0 spiro atoms. The monoisotopic (exact) mass is 235 g/mol. The minimum atomic E-state index is -0.292. The first-order valence-electron chi connectivity index (χ1n) is 6.35. The minimum absolute atomic E-state index is 0.181. The highest BCUT2D eigenvalue weighted by Gasteiger charge is 2.26. The van der Waals surface area contributed by atoms with Gasteiger partial charge in [-0.2, -0.15) is 0 Å². The van der Waals surface area contributed by atoms with Crippen molar-refractivity contribution in [1.82, 2.24) is 4.90 Å². The van der Waals surface area contributed by atoms with E-state index in [0.29, 0.717) is 0 Å². The molecule has 94 valence electrons. The van der Waals surface area contributed by atoms with Crippen LogP contribution < -0.4 is 0 Å². The lowest BCUT2D eigenvalue weighted by Crippen LogP contribution is -2.43. The van der Waals surface area contributed by atoms with Gasteiger partial charge in [0.15, 0.2) is 0 Å². The molecule has 1 aromatic carbocycles. The van der Waals surface area contributed by atoms with E-state index in [1.807, 2.05) is 18.2 Å². The van der Waals surface area contributed by atoms with Gasteiger partial charge >= 0.3 is 0 Å². The standard InChI is InChI=1S/C14H21NO2/c16-9-7-13-6-8-15(11-14(13)17)10-12-4-2-1-3-5-12/h1-5,13-14,16-17H,6-11H2/t13-,14+/m0/s1. The van der Waals surface area contributed by atoms with Crippen molar-refractivity contribution in [2.75, 3.05) is 19.7 Å². The maximum absolute atomic E-state index is 10.00. The fourth-order valence-electron chi connectivity index (χ4n) is 2.53. The number of β-amino-alcohol motifs (C(OH)–C–C–N with tert-alkyl or cyclic N) is 1. The van der Waals surface area contributed by atoms with Crippen LogP contribution in [0.25, 0.3) is 0 Å². The fraction of sp³-hybridized carbons (Fsp3) is 0.571. The molecule has 17 heavy (non-hydrogen) atoms. The Morgan fingerprint density at radius 1 is 1.24 bits per heavy atom. The van der Waals surface area contributed by atoms with Gasteiger partial charge < -0.3 is 10.2 Å². The van der Waals surface area contributed by atoms with Crippen molar-refractivity contribution in [3.8, 4) is 0 Å². The van der Waals surface area contributed by atoms with Gasteiger partial charge in [-0.1, -0.05) is 30.3 Å². The van der Waals surface area contributed by atoms with Crippen LogP contribution in [0.4, 0.5) is 0 Å². The average molecular weight is 235 g/mol. The van der Waals surface area contributed by atoms with E-state index in [1.165, 1.54) is 5.56 Å². The number of hydrogen-bond acceptors (Lipinski definition) is 3. The van der Waals surface area contributed by atoms with E-state index in [2.05, 4.69) is 17.0 Å². The van der Waals surface area contributed by atoms with Gasteiger partial charge in [0.05, 0.1) is 6.10 Å². The van der Waals surface area contributed by atoms with Crippen LogP contribution in [0.1, 0.15) is 18.4 Å². The minimum Gasteiger partial charge on any atom is -0.396 e. The van der Waals surface area contributed by atoms with E-state index < -0.39 is 0 Å². The van der Waals surface area contributed by atoms with Gasteiger partial charge in [-0.25, -0.2) is 0 Å². The summed E-state index contributed by atoms with van der Waals surface area (Å²) < 4.78 is 0. The Morgan fingerprint density at radius 2 is 2.00 bits per heavy atom. The van der Waals surface area contributed by atoms with E-state index in [4.69, 9.17) is 5.11 Å². The van der Waals surface area contributed by atoms with Gasteiger partial charge in [-0.15, -0.1) is 0 Å². The molecule has 1 aliphatic heterocycles. The third kappa shape index (κ3) is 3.53. The van der Waals surface area contributed by atoms with Crippen molar-refractivity contribution < 1.29 is 10.2 Å². The summed E-state index contributed by atoms with van der Waals surface area (Å²) in [6, 6.07) is 10.3. The SMILES string of the molecule is OCC[C@@H]1CCN(Cc2ccccc2)C[C@H]1O. The Morgan fingerprint density at radius 3 is 2.65 bits per heavy atom. The van der Waals surface area contributed by atoms with Crippen LogP contribution in [-0.4, -0.2) is 40.9 Å². The first kappa shape index (κ1) is 12.6. The molecule has 3 heteroatoms. The van der Waals surface area contributed by atoms with Crippen LogP contribution in [0.15, 0.2) is 30.3 Å². The van der Waals surface area contributed by atoms with Gasteiger partial charge in [0.1, 0.15) is 0 Å². The lowest BCUT2D eigenvalue weighted by atomic mass is 9.91.